The molecule has 22 heavy (non-hydrogen) atoms. The third-order valence-electron chi connectivity index (χ3n) is 3.16. The van der Waals surface area contributed by atoms with Gasteiger partial charge in [0.25, 0.3) is 0 Å². The zero-order chi connectivity index (χ0) is 15.9. The molecule has 1 amide bonds. The number of carbonyl (C=O) groups excluding carboxylic acids is 1. The summed E-state index contributed by atoms with van der Waals surface area (Å²) in [6.45, 7) is 4.31. The Bertz CT molecular complexity index is 599. The van der Waals surface area contributed by atoms with Gasteiger partial charge in [-0.2, -0.15) is 0 Å². The quantitative estimate of drug-likeness (QED) is 0.792. The monoisotopic (exact) mass is 319 g/mol. The highest BCUT2D eigenvalue weighted by Gasteiger charge is 2.16. The van der Waals surface area contributed by atoms with Gasteiger partial charge in [0.1, 0.15) is 0 Å². The number of benzene rings is 1. The average molecular weight is 319 g/mol. The van der Waals surface area contributed by atoms with Crippen LogP contribution in [0.5, 0.6) is 0 Å². The first-order valence-electron chi connectivity index (χ1n) is 7.25. The second-order valence-electron chi connectivity index (χ2n) is 5.53. The van der Waals surface area contributed by atoms with Crippen LogP contribution in [0.4, 0.5) is 0 Å². The highest BCUT2D eigenvalue weighted by atomic mass is 32.2. The van der Waals surface area contributed by atoms with E-state index in [-0.39, 0.29) is 11.9 Å². The van der Waals surface area contributed by atoms with E-state index in [1.54, 1.807) is 11.7 Å². The predicted octanol–water partition coefficient (Wildman–Crippen LogP) is 2.21. The van der Waals surface area contributed by atoms with Crippen LogP contribution >= 0.6 is 11.8 Å². The van der Waals surface area contributed by atoms with Crippen molar-refractivity contribution < 1.29 is 4.79 Å². The lowest BCUT2D eigenvalue weighted by atomic mass is 9.97. The zero-order valence-corrected chi connectivity index (χ0v) is 13.9. The van der Waals surface area contributed by atoms with E-state index >= 15 is 0 Å². The summed E-state index contributed by atoms with van der Waals surface area (Å²) in [5.41, 5.74) is 1.13. The van der Waals surface area contributed by atoms with Crippen molar-refractivity contribution in [2.45, 2.75) is 31.5 Å². The van der Waals surface area contributed by atoms with Gasteiger partial charge in [-0.25, -0.2) is 4.68 Å². The van der Waals surface area contributed by atoms with Gasteiger partial charge in [0.15, 0.2) is 0 Å². The van der Waals surface area contributed by atoms with Crippen LogP contribution in [0, 0.1) is 5.92 Å². The van der Waals surface area contributed by atoms with Crippen molar-refractivity contribution in [3.63, 3.8) is 0 Å². The molecule has 0 unspecified atom stereocenters. The number of aromatic nitrogens is 4. The van der Waals surface area contributed by atoms with E-state index in [0.29, 0.717) is 16.8 Å². The van der Waals surface area contributed by atoms with E-state index in [0.717, 1.165) is 12.0 Å². The highest BCUT2D eigenvalue weighted by Crippen LogP contribution is 2.21. The summed E-state index contributed by atoms with van der Waals surface area (Å²) >= 11 is 1.33. The van der Waals surface area contributed by atoms with Crippen molar-refractivity contribution in [3.05, 3.63) is 35.9 Å². The molecule has 7 heteroatoms. The molecular weight excluding hydrogens is 298 g/mol. The molecule has 0 aliphatic carbocycles. The number of thioether (sulfide) groups is 1. The summed E-state index contributed by atoms with van der Waals surface area (Å²) in [5, 5.41) is 14.9. The maximum atomic E-state index is 12.2. The Kier molecular flexibility index (Phi) is 5.94. The van der Waals surface area contributed by atoms with Crippen molar-refractivity contribution in [3.8, 4) is 0 Å². The number of amides is 1. The second kappa shape index (κ2) is 7.93. The molecule has 0 saturated carbocycles. The first-order valence-corrected chi connectivity index (χ1v) is 8.24. The van der Waals surface area contributed by atoms with E-state index in [4.69, 9.17) is 0 Å². The summed E-state index contributed by atoms with van der Waals surface area (Å²) in [4.78, 5) is 12.2. The normalized spacial score (nSPS) is 12.4. The van der Waals surface area contributed by atoms with Gasteiger partial charge in [-0.1, -0.05) is 55.9 Å². The van der Waals surface area contributed by atoms with Crippen molar-refractivity contribution >= 4 is 17.7 Å². The lowest BCUT2D eigenvalue weighted by molar-refractivity contribution is -0.119. The highest BCUT2D eigenvalue weighted by molar-refractivity contribution is 7.99. The molecule has 0 aliphatic heterocycles. The molecule has 2 aromatic rings. The first-order chi connectivity index (χ1) is 10.6. The molecular formula is C15H21N5OS. The summed E-state index contributed by atoms with van der Waals surface area (Å²) in [6, 6.07) is 10.1. The minimum atomic E-state index is -0.0116. The topological polar surface area (TPSA) is 72.7 Å². The van der Waals surface area contributed by atoms with Crippen molar-refractivity contribution in [1.82, 2.24) is 25.5 Å². The molecule has 0 fully saturated rings. The summed E-state index contributed by atoms with van der Waals surface area (Å²) in [7, 11) is 1.76. The fourth-order valence-electron chi connectivity index (χ4n) is 2.14. The third-order valence-corrected chi connectivity index (χ3v) is 4.17. The van der Waals surface area contributed by atoms with Crippen LogP contribution in [-0.4, -0.2) is 31.9 Å². The lowest BCUT2D eigenvalue weighted by Crippen LogP contribution is -2.31. The standard InChI is InChI=1S/C15H21N5OS/c1-11(2)9-13(12-7-5-4-6-8-12)16-14(21)10-22-15-17-18-19-20(15)3/h4-8,11,13H,9-10H2,1-3H3,(H,16,21)/t13-/m1/s1. The molecule has 1 aromatic heterocycles. The SMILES string of the molecule is CC(C)C[C@@H](NC(=O)CSc1nnnn1C)c1ccccc1. The molecule has 118 valence electrons. The molecule has 0 aliphatic rings. The Labute approximate surface area is 134 Å². The fourth-order valence-corrected chi connectivity index (χ4v) is 2.81. The number of hydrogen-bond donors (Lipinski definition) is 1. The number of hydrogen-bond acceptors (Lipinski definition) is 5. The van der Waals surface area contributed by atoms with Gasteiger partial charge in [0.2, 0.25) is 11.1 Å². The Morgan fingerprint density at radius 2 is 2.05 bits per heavy atom. The largest absolute Gasteiger partial charge is 0.349 e. The summed E-state index contributed by atoms with van der Waals surface area (Å²) in [6.07, 6.45) is 0.909. The smallest absolute Gasteiger partial charge is 0.230 e. The van der Waals surface area contributed by atoms with Crippen molar-refractivity contribution in [2.24, 2.45) is 13.0 Å². The molecule has 2 rings (SSSR count). The van der Waals surface area contributed by atoms with Crippen LogP contribution in [-0.2, 0) is 11.8 Å². The van der Waals surface area contributed by atoms with Crippen LogP contribution in [0.1, 0.15) is 31.9 Å². The Morgan fingerprint density at radius 3 is 2.64 bits per heavy atom. The minimum Gasteiger partial charge on any atom is -0.349 e. The molecule has 1 atom stereocenters. The second-order valence-corrected chi connectivity index (χ2v) is 6.48. The van der Waals surface area contributed by atoms with Gasteiger partial charge in [-0.3, -0.25) is 4.79 Å². The number of aryl methyl sites for hydroxylation is 1. The lowest BCUT2D eigenvalue weighted by Gasteiger charge is -2.21. The van der Waals surface area contributed by atoms with Crippen LogP contribution in [0.2, 0.25) is 0 Å². The summed E-state index contributed by atoms with van der Waals surface area (Å²) < 4.78 is 1.56. The number of carbonyl (C=O) groups is 1. The van der Waals surface area contributed by atoms with Crippen LogP contribution in [0.25, 0.3) is 0 Å². The molecule has 0 spiro atoms. The third kappa shape index (κ3) is 4.84. The van der Waals surface area contributed by atoms with E-state index in [1.165, 1.54) is 11.8 Å². The van der Waals surface area contributed by atoms with Gasteiger partial charge in [-0.05, 0) is 28.3 Å². The summed E-state index contributed by atoms with van der Waals surface area (Å²) in [5.74, 6) is 0.791. The van der Waals surface area contributed by atoms with Crippen molar-refractivity contribution in [2.75, 3.05) is 5.75 Å². The van der Waals surface area contributed by atoms with E-state index in [2.05, 4.69) is 34.7 Å². The Balaban J connectivity index is 1.95. The van der Waals surface area contributed by atoms with E-state index in [9.17, 15) is 4.79 Å². The molecule has 0 radical (unpaired) electrons. The molecule has 1 aromatic carbocycles. The van der Waals surface area contributed by atoms with Crippen LogP contribution in [0.15, 0.2) is 35.5 Å². The zero-order valence-electron chi connectivity index (χ0n) is 13.1. The Morgan fingerprint density at radius 1 is 1.32 bits per heavy atom. The number of rotatable bonds is 7. The number of nitrogens with one attached hydrogen (secondary N) is 1. The number of nitrogens with zero attached hydrogens (tertiary/aromatic N) is 4. The molecule has 0 bridgehead atoms. The van der Waals surface area contributed by atoms with E-state index in [1.807, 2.05) is 30.3 Å². The maximum Gasteiger partial charge on any atom is 0.230 e. The van der Waals surface area contributed by atoms with E-state index < -0.39 is 0 Å². The molecule has 1 heterocycles. The van der Waals surface area contributed by atoms with Crippen molar-refractivity contribution in [1.29, 1.82) is 0 Å². The van der Waals surface area contributed by atoms with Gasteiger partial charge in [-0.15, -0.1) is 5.10 Å². The fraction of sp³-hybridized carbons (Fsp3) is 0.467. The number of tetrazole rings is 1. The minimum absolute atomic E-state index is 0.0116. The maximum absolute atomic E-state index is 12.2. The molecule has 1 N–H and O–H groups in total. The van der Waals surface area contributed by atoms with Gasteiger partial charge >= 0.3 is 0 Å². The van der Waals surface area contributed by atoms with Crippen LogP contribution in [0.3, 0.4) is 0 Å². The van der Waals surface area contributed by atoms with Gasteiger partial charge in [0, 0.05) is 7.05 Å². The Hall–Kier alpha value is -1.89. The molecule has 0 saturated heterocycles. The average Bonchev–Trinajstić information content (AvgIpc) is 2.90. The van der Waals surface area contributed by atoms with Gasteiger partial charge in [0.05, 0.1) is 11.8 Å². The first kappa shape index (κ1) is 16.5. The van der Waals surface area contributed by atoms with Crippen LogP contribution < -0.4 is 5.32 Å². The van der Waals surface area contributed by atoms with Gasteiger partial charge < -0.3 is 5.32 Å². The molecule has 6 nitrogen and oxygen atoms in total. The predicted molar refractivity (Wildman–Crippen MR) is 86.3 cm³/mol.